The van der Waals surface area contributed by atoms with Crippen LogP contribution in [0.15, 0.2) is 24.4 Å². The van der Waals surface area contributed by atoms with Crippen molar-refractivity contribution in [3.63, 3.8) is 0 Å². The van der Waals surface area contributed by atoms with Gasteiger partial charge < -0.3 is 20.4 Å². The number of carbonyl (C=O) groups excluding carboxylic acids is 2. The van der Waals surface area contributed by atoms with Crippen molar-refractivity contribution in [2.45, 2.75) is 37.6 Å². The normalized spacial score (nSPS) is 32.9. The minimum Gasteiger partial charge on any atom is -0.368 e. The minimum absolute atomic E-state index is 0.127. The van der Waals surface area contributed by atoms with Gasteiger partial charge >= 0.3 is 0 Å². The summed E-state index contributed by atoms with van der Waals surface area (Å²) in [5.74, 6) is 0.999. The van der Waals surface area contributed by atoms with Crippen LogP contribution in [0.5, 0.6) is 0 Å². The third kappa shape index (κ3) is 2.87. The van der Waals surface area contributed by atoms with Crippen LogP contribution < -0.4 is 20.4 Å². The van der Waals surface area contributed by atoms with Crippen LogP contribution in [0.4, 0.5) is 27.5 Å². The maximum absolute atomic E-state index is 15.1. The van der Waals surface area contributed by atoms with Crippen LogP contribution in [0.1, 0.15) is 31.2 Å². The van der Waals surface area contributed by atoms with Crippen molar-refractivity contribution < 1.29 is 14.0 Å². The molecule has 1 atom stereocenters. The molecule has 3 aliphatic carbocycles. The van der Waals surface area contributed by atoms with E-state index in [1.165, 1.54) is 6.07 Å². The average molecular weight is 504 g/mol. The highest BCUT2D eigenvalue weighted by Gasteiger charge is 2.67. The molecule has 9 nitrogen and oxygen atoms in total. The fraction of sp³-hybridized carbons (Fsp3) is 0.556. The first-order valence-corrected chi connectivity index (χ1v) is 13.3. The first-order valence-electron chi connectivity index (χ1n) is 13.3. The molecule has 10 heteroatoms. The number of nitrogens with zero attached hydrogens (tertiary/aromatic N) is 5. The Hall–Kier alpha value is -3.27. The smallest absolute Gasteiger partial charge is 0.244 e. The van der Waals surface area contributed by atoms with Crippen LogP contribution in [0.2, 0.25) is 0 Å². The van der Waals surface area contributed by atoms with E-state index in [9.17, 15) is 9.59 Å². The van der Waals surface area contributed by atoms with Crippen molar-refractivity contribution in [2.75, 3.05) is 54.9 Å². The van der Waals surface area contributed by atoms with E-state index >= 15 is 4.39 Å². The van der Waals surface area contributed by atoms with Gasteiger partial charge in [0.1, 0.15) is 17.1 Å². The number of anilines is 4. The van der Waals surface area contributed by atoms with Gasteiger partial charge in [-0.2, -0.15) is 4.98 Å². The highest BCUT2D eigenvalue weighted by Crippen LogP contribution is 2.63. The quantitative estimate of drug-likeness (QED) is 0.617. The Morgan fingerprint density at radius 3 is 2.54 bits per heavy atom. The lowest BCUT2D eigenvalue weighted by atomic mass is 9.48. The fourth-order valence-electron chi connectivity index (χ4n) is 7.88. The SMILES string of the molecule is CN1CC2(C1)CN(c1ccc(Nc3ncc4c(n3)N(C35CC(C3)C5)C(=O)[C@]3(CCNC3=O)C4)cc1F)C2. The molecular weight excluding hydrogens is 473 g/mol. The van der Waals surface area contributed by atoms with Crippen molar-refractivity contribution >= 4 is 35.0 Å². The number of benzene rings is 1. The first kappa shape index (κ1) is 21.8. The van der Waals surface area contributed by atoms with E-state index in [2.05, 4.69) is 32.5 Å². The summed E-state index contributed by atoms with van der Waals surface area (Å²) in [6.45, 7) is 4.45. The summed E-state index contributed by atoms with van der Waals surface area (Å²) in [6, 6.07) is 5.14. The van der Waals surface area contributed by atoms with Crippen LogP contribution in [0, 0.1) is 22.6 Å². The first-order chi connectivity index (χ1) is 17.8. The highest BCUT2D eigenvalue weighted by atomic mass is 19.1. The van der Waals surface area contributed by atoms with E-state index in [-0.39, 0.29) is 23.2 Å². The fourth-order valence-corrected chi connectivity index (χ4v) is 7.88. The van der Waals surface area contributed by atoms with Gasteiger partial charge in [-0.25, -0.2) is 9.37 Å². The predicted molar refractivity (Wildman–Crippen MR) is 135 cm³/mol. The van der Waals surface area contributed by atoms with Gasteiger partial charge in [0.15, 0.2) is 0 Å². The summed E-state index contributed by atoms with van der Waals surface area (Å²) in [4.78, 5) is 42.2. The maximum atomic E-state index is 15.1. The van der Waals surface area contributed by atoms with Crippen molar-refractivity contribution in [1.29, 1.82) is 0 Å². The van der Waals surface area contributed by atoms with Crippen molar-refractivity contribution in [1.82, 2.24) is 20.2 Å². The van der Waals surface area contributed by atoms with Gasteiger partial charge in [0.25, 0.3) is 0 Å². The number of nitrogens with one attached hydrogen (secondary N) is 2. The number of fused-ring (bicyclic) bond motifs is 1. The summed E-state index contributed by atoms with van der Waals surface area (Å²) < 4.78 is 15.1. The molecule has 192 valence electrons. The Morgan fingerprint density at radius 2 is 1.92 bits per heavy atom. The number of carbonyl (C=O) groups is 2. The molecular formula is C27H30FN7O2. The Labute approximate surface area is 214 Å². The molecule has 2 bridgehead atoms. The predicted octanol–water partition coefficient (Wildman–Crippen LogP) is 2.06. The van der Waals surface area contributed by atoms with Crippen molar-refractivity contribution in [2.24, 2.45) is 16.7 Å². The van der Waals surface area contributed by atoms with E-state index < -0.39 is 5.41 Å². The molecule has 1 aromatic carbocycles. The molecule has 3 saturated heterocycles. The molecule has 3 saturated carbocycles. The maximum Gasteiger partial charge on any atom is 0.244 e. The lowest BCUT2D eigenvalue weighted by Gasteiger charge is -2.67. The number of hydrogen-bond donors (Lipinski definition) is 2. The van der Waals surface area contributed by atoms with Crippen molar-refractivity contribution in [3.8, 4) is 0 Å². The molecule has 2 N–H and O–H groups in total. The zero-order valence-electron chi connectivity index (χ0n) is 20.9. The Balaban J connectivity index is 1.07. The summed E-state index contributed by atoms with van der Waals surface area (Å²) in [7, 11) is 2.12. The summed E-state index contributed by atoms with van der Waals surface area (Å²) in [6.07, 6.45) is 5.43. The number of hydrogen-bond acceptors (Lipinski definition) is 7. The standard InChI is InChI=1S/C27H30FN7O2/c1-33-12-25(13-33)14-34(15-25)20-3-2-18(6-19(20)28)31-24-30-11-17-10-27(4-5-29-22(27)36)23(37)35(21(17)32-24)26-7-16(8-26)9-26/h2-3,6,11,16H,4-5,7-10,12-15H2,1H3,(H,29,36)(H,30,31,32)/t16?,26?,27-/m1/s1. The van der Waals surface area contributed by atoms with Gasteiger partial charge in [-0.15, -0.1) is 0 Å². The number of halogens is 1. The molecule has 0 unspecified atom stereocenters. The second-order valence-electron chi connectivity index (χ2n) is 12.5. The van der Waals surface area contributed by atoms with E-state index in [0.29, 0.717) is 53.9 Å². The number of amides is 2. The lowest BCUT2D eigenvalue weighted by molar-refractivity contribution is -0.144. The van der Waals surface area contributed by atoms with Gasteiger partial charge in [-0.3, -0.25) is 14.5 Å². The number of likely N-dealkylation sites (tertiary alicyclic amines) is 1. The van der Waals surface area contributed by atoms with E-state index in [0.717, 1.165) is 51.0 Å². The Kier molecular flexibility index (Phi) is 4.11. The van der Waals surface area contributed by atoms with E-state index in [4.69, 9.17) is 4.98 Å². The van der Waals surface area contributed by atoms with Gasteiger partial charge in [0, 0.05) is 62.0 Å². The Bertz CT molecular complexity index is 1350. The third-order valence-corrected chi connectivity index (χ3v) is 9.72. The minimum atomic E-state index is -1.05. The van der Waals surface area contributed by atoms with Crippen molar-refractivity contribution in [3.05, 3.63) is 35.8 Å². The number of aromatic nitrogens is 2. The molecule has 6 fully saturated rings. The molecule has 2 aromatic rings. The van der Waals surface area contributed by atoms with Gasteiger partial charge in [-0.05, 0) is 56.8 Å². The van der Waals surface area contributed by atoms with Crippen LogP contribution in [0.3, 0.4) is 0 Å². The molecule has 4 aliphatic heterocycles. The van der Waals surface area contributed by atoms with Gasteiger partial charge in [0.2, 0.25) is 17.8 Å². The second-order valence-corrected chi connectivity index (χ2v) is 12.5. The number of rotatable bonds is 4. The average Bonchev–Trinajstić information content (AvgIpc) is 3.12. The molecule has 2 amide bonds. The van der Waals surface area contributed by atoms with Crippen LogP contribution >= 0.6 is 0 Å². The molecule has 2 spiro atoms. The summed E-state index contributed by atoms with van der Waals surface area (Å²) in [5.41, 5.74) is 1.06. The molecule has 5 heterocycles. The molecule has 1 aromatic heterocycles. The van der Waals surface area contributed by atoms with Crippen LogP contribution in [0.25, 0.3) is 0 Å². The lowest BCUT2D eigenvalue weighted by Crippen LogP contribution is -2.73. The third-order valence-electron chi connectivity index (χ3n) is 9.72. The topological polar surface area (TPSA) is 93.7 Å². The summed E-state index contributed by atoms with van der Waals surface area (Å²) in [5, 5.41) is 6.01. The second kappa shape index (κ2) is 6.98. The summed E-state index contributed by atoms with van der Waals surface area (Å²) >= 11 is 0. The largest absolute Gasteiger partial charge is 0.368 e. The molecule has 0 radical (unpaired) electrons. The van der Waals surface area contributed by atoms with Crippen LogP contribution in [-0.4, -0.2) is 72.0 Å². The zero-order chi connectivity index (χ0) is 25.2. The Morgan fingerprint density at radius 1 is 1.14 bits per heavy atom. The molecule has 7 aliphatic rings. The monoisotopic (exact) mass is 503 g/mol. The molecule has 9 rings (SSSR count). The van der Waals surface area contributed by atoms with Gasteiger partial charge in [-0.1, -0.05) is 0 Å². The van der Waals surface area contributed by atoms with E-state index in [1.807, 2.05) is 17.0 Å². The zero-order valence-corrected chi connectivity index (χ0v) is 20.9. The highest BCUT2D eigenvalue weighted by molar-refractivity contribution is 6.15. The van der Waals surface area contributed by atoms with Crippen LogP contribution in [-0.2, 0) is 16.0 Å². The van der Waals surface area contributed by atoms with Gasteiger partial charge in [0.05, 0.1) is 11.2 Å². The van der Waals surface area contributed by atoms with E-state index in [1.54, 1.807) is 6.20 Å². The molecule has 37 heavy (non-hydrogen) atoms.